The number of benzene rings is 2. The summed E-state index contributed by atoms with van der Waals surface area (Å²) in [4.78, 5) is 28.5. The number of thioether (sulfide) groups is 1. The summed E-state index contributed by atoms with van der Waals surface area (Å²) in [7, 11) is 0. The van der Waals surface area contributed by atoms with Crippen LogP contribution in [0.25, 0.3) is 0 Å². The first kappa shape index (κ1) is 25.6. The van der Waals surface area contributed by atoms with Crippen molar-refractivity contribution in [3.8, 4) is 0 Å². The average molecular weight is 481 g/mol. The van der Waals surface area contributed by atoms with Gasteiger partial charge >= 0.3 is 0 Å². The van der Waals surface area contributed by atoms with Gasteiger partial charge in [-0.2, -0.15) is 0 Å². The fourth-order valence-corrected chi connectivity index (χ4v) is 4.21. The second kappa shape index (κ2) is 12.4. The summed E-state index contributed by atoms with van der Waals surface area (Å²) in [5.74, 6) is 0.709. The molecule has 31 heavy (non-hydrogen) atoms. The molecule has 0 aliphatic heterocycles. The van der Waals surface area contributed by atoms with E-state index >= 15 is 0 Å². The summed E-state index contributed by atoms with van der Waals surface area (Å²) in [5, 5.41) is 3.93. The standard InChI is InChI=1S/C24H30Cl2N2O2S/c1-16(2)14-27-24(30)18(4)28(15-19-7-8-20(25)13-22(19)26)23(29)11-12-31-21-9-5-17(3)6-10-21/h5-10,13,16,18H,11-12,14-15H2,1-4H3,(H,27,30)/t18-/m0/s1. The minimum atomic E-state index is -0.609. The Bertz CT molecular complexity index is 888. The van der Waals surface area contributed by atoms with Crippen LogP contribution in [0.15, 0.2) is 47.4 Å². The van der Waals surface area contributed by atoms with Gasteiger partial charge in [-0.05, 0) is 49.6 Å². The minimum absolute atomic E-state index is 0.0853. The molecule has 0 unspecified atom stereocenters. The molecule has 4 nitrogen and oxygen atoms in total. The Labute approximate surface area is 199 Å². The van der Waals surface area contributed by atoms with Crippen LogP contribution in [-0.2, 0) is 16.1 Å². The molecule has 0 saturated heterocycles. The lowest BCUT2D eigenvalue weighted by molar-refractivity contribution is -0.140. The summed E-state index contributed by atoms with van der Waals surface area (Å²) in [6.45, 7) is 8.68. The van der Waals surface area contributed by atoms with Gasteiger partial charge in [-0.1, -0.05) is 60.8 Å². The molecule has 2 aromatic rings. The Hall–Kier alpha value is -1.69. The summed E-state index contributed by atoms with van der Waals surface area (Å²) < 4.78 is 0. The Balaban J connectivity index is 2.09. The number of rotatable bonds is 10. The number of amides is 2. The van der Waals surface area contributed by atoms with Crippen molar-refractivity contribution in [2.75, 3.05) is 12.3 Å². The number of hydrogen-bond acceptors (Lipinski definition) is 3. The highest BCUT2D eigenvalue weighted by atomic mass is 35.5. The first-order valence-electron chi connectivity index (χ1n) is 10.4. The van der Waals surface area contributed by atoms with Crippen LogP contribution >= 0.6 is 35.0 Å². The van der Waals surface area contributed by atoms with Gasteiger partial charge < -0.3 is 10.2 Å². The molecule has 0 heterocycles. The first-order chi connectivity index (χ1) is 14.7. The summed E-state index contributed by atoms with van der Waals surface area (Å²) in [6, 6.07) is 12.8. The number of nitrogens with one attached hydrogen (secondary N) is 1. The predicted octanol–water partition coefficient (Wildman–Crippen LogP) is 5.97. The van der Waals surface area contributed by atoms with Crippen molar-refractivity contribution in [2.45, 2.75) is 51.6 Å². The van der Waals surface area contributed by atoms with Crippen LogP contribution in [0.2, 0.25) is 10.0 Å². The van der Waals surface area contributed by atoms with Crippen LogP contribution < -0.4 is 5.32 Å². The first-order valence-corrected chi connectivity index (χ1v) is 12.1. The minimum Gasteiger partial charge on any atom is -0.354 e. The Kier molecular flexibility index (Phi) is 10.2. The lowest BCUT2D eigenvalue weighted by atomic mass is 10.1. The van der Waals surface area contributed by atoms with Crippen molar-refractivity contribution >= 4 is 46.8 Å². The largest absolute Gasteiger partial charge is 0.354 e. The zero-order valence-corrected chi connectivity index (χ0v) is 20.8. The molecule has 0 radical (unpaired) electrons. The number of hydrogen-bond donors (Lipinski definition) is 1. The topological polar surface area (TPSA) is 49.4 Å². The quantitative estimate of drug-likeness (QED) is 0.425. The summed E-state index contributed by atoms with van der Waals surface area (Å²) >= 11 is 14.0. The molecule has 0 aliphatic carbocycles. The van der Waals surface area contributed by atoms with Gasteiger partial charge in [-0.3, -0.25) is 9.59 Å². The molecule has 1 N–H and O–H groups in total. The van der Waals surface area contributed by atoms with E-state index in [0.29, 0.717) is 34.7 Å². The van der Waals surface area contributed by atoms with Crippen LogP contribution in [-0.4, -0.2) is 35.1 Å². The molecular weight excluding hydrogens is 451 g/mol. The monoisotopic (exact) mass is 480 g/mol. The Morgan fingerprint density at radius 3 is 2.35 bits per heavy atom. The number of nitrogens with zero attached hydrogens (tertiary/aromatic N) is 1. The molecule has 0 saturated carbocycles. The van der Waals surface area contributed by atoms with E-state index in [1.54, 1.807) is 41.8 Å². The van der Waals surface area contributed by atoms with Gasteiger partial charge in [-0.25, -0.2) is 0 Å². The third kappa shape index (κ3) is 8.40. The van der Waals surface area contributed by atoms with E-state index in [1.165, 1.54) is 5.56 Å². The van der Waals surface area contributed by atoms with Gasteiger partial charge in [0.05, 0.1) is 0 Å². The number of aryl methyl sites for hydroxylation is 1. The highest BCUT2D eigenvalue weighted by molar-refractivity contribution is 7.99. The number of carbonyl (C=O) groups excluding carboxylic acids is 2. The average Bonchev–Trinajstić information content (AvgIpc) is 2.72. The molecule has 2 rings (SSSR count). The van der Waals surface area contributed by atoms with Crippen LogP contribution in [0.3, 0.4) is 0 Å². The van der Waals surface area contributed by atoms with Crippen molar-refractivity contribution in [1.29, 1.82) is 0 Å². The molecule has 168 valence electrons. The fraction of sp³-hybridized carbons (Fsp3) is 0.417. The van der Waals surface area contributed by atoms with Crippen LogP contribution in [0.4, 0.5) is 0 Å². The highest BCUT2D eigenvalue weighted by Gasteiger charge is 2.26. The molecule has 0 fully saturated rings. The molecule has 1 atom stereocenters. The van der Waals surface area contributed by atoms with Crippen LogP contribution in [0.5, 0.6) is 0 Å². The van der Waals surface area contributed by atoms with Crippen molar-refractivity contribution in [3.05, 3.63) is 63.6 Å². The lowest BCUT2D eigenvalue weighted by Gasteiger charge is -2.29. The Morgan fingerprint density at radius 1 is 1.06 bits per heavy atom. The van der Waals surface area contributed by atoms with Crippen LogP contribution in [0.1, 0.15) is 38.3 Å². The van der Waals surface area contributed by atoms with E-state index in [0.717, 1.165) is 10.5 Å². The highest BCUT2D eigenvalue weighted by Crippen LogP contribution is 2.24. The van der Waals surface area contributed by atoms with E-state index in [9.17, 15) is 9.59 Å². The lowest BCUT2D eigenvalue weighted by Crippen LogP contribution is -2.48. The van der Waals surface area contributed by atoms with Crippen LogP contribution in [0, 0.1) is 12.8 Å². The fourth-order valence-electron chi connectivity index (χ4n) is 2.90. The van der Waals surface area contributed by atoms with Crippen molar-refractivity contribution in [2.24, 2.45) is 5.92 Å². The molecule has 2 aromatic carbocycles. The summed E-state index contributed by atoms with van der Waals surface area (Å²) in [6.07, 6.45) is 0.325. The third-order valence-electron chi connectivity index (χ3n) is 4.81. The van der Waals surface area contributed by atoms with E-state index in [2.05, 4.69) is 29.6 Å². The number of halogens is 2. The maximum atomic E-state index is 13.1. The van der Waals surface area contributed by atoms with Crippen molar-refractivity contribution in [3.63, 3.8) is 0 Å². The van der Waals surface area contributed by atoms with E-state index in [-0.39, 0.29) is 18.4 Å². The zero-order valence-electron chi connectivity index (χ0n) is 18.5. The SMILES string of the molecule is Cc1ccc(SCCC(=O)N(Cc2ccc(Cl)cc2Cl)[C@@H](C)C(=O)NCC(C)C)cc1. The molecule has 2 amide bonds. The Morgan fingerprint density at radius 2 is 1.74 bits per heavy atom. The molecule has 0 bridgehead atoms. The molecular formula is C24H30Cl2N2O2S. The van der Waals surface area contributed by atoms with E-state index in [4.69, 9.17) is 23.2 Å². The maximum Gasteiger partial charge on any atom is 0.242 e. The number of carbonyl (C=O) groups is 2. The van der Waals surface area contributed by atoms with Crippen molar-refractivity contribution < 1.29 is 9.59 Å². The third-order valence-corrected chi connectivity index (χ3v) is 6.41. The predicted molar refractivity (Wildman–Crippen MR) is 131 cm³/mol. The van der Waals surface area contributed by atoms with Gasteiger partial charge in [0.15, 0.2) is 0 Å². The van der Waals surface area contributed by atoms with Crippen molar-refractivity contribution in [1.82, 2.24) is 10.2 Å². The van der Waals surface area contributed by atoms with Gasteiger partial charge in [0, 0.05) is 40.2 Å². The smallest absolute Gasteiger partial charge is 0.242 e. The normalized spacial score (nSPS) is 12.0. The second-order valence-electron chi connectivity index (χ2n) is 7.98. The molecule has 0 aliphatic rings. The molecule has 0 spiro atoms. The summed E-state index contributed by atoms with van der Waals surface area (Å²) in [5.41, 5.74) is 1.96. The maximum absolute atomic E-state index is 13.1. The van der Waals surface area contributed by atoms with Gasteiger partial charge in [0.1, 0.15) is 6.04 Å². The van der Waals surface area contributed by atoms with Gasteiger partial charge in [0.25, 0.3) is 0 Å². The molecule has 0 aromatic heterocycles. The van der Waals surface area contributed by atoms with E-state index in [1.807, 2.05) is 20.8 Å². The second-order valence-corrected chi connectivity index (χ2v) is 10.00. The van der Waals surface area contributed by atoms with E-state index < -0.39 is 6.04 Å². The molecule has 7 heteroatoms. The van der Waals surface area contributed by atoms with Gasteiger partial charge in [-0.15, -0.1) is 11.8 Å². The van der Waals surface area contributed by atoms with Gasteiger partial charge in [0.2, 0.25) is 11.8 Å². The zero-order chi connectivity index (χ0) is 23.0.